The Morgan fingerprint density at radius 3 is 1.89 bits per heavy atom. The Morgan fingerprint density at radius 2 is 1.28 bits per heavy atom. The lowest BCUT2D eigenvalue weighted by Gasteiger charge is -2.11. The molecule has 0 bridgehead atoms. The lowest BCUT2D eigenvalue weighted by atomic mass is 10.0. The molecule has 0 saturated heterocycles. The van der Waals surface area contributed by atoms with Crippen molar-refractivity contribution in [2.45, 2.75) is 0 Å². The second-order valence-corrected chi connectivity index (χ2v) is 5.32. The normalized spacial score (nSPS) is 10.7. The molecule has 0 aromatic heterocycles. The number of phenolic OH excluding ortho intramolecular Hbond substituents is 1. The van der Waals surface area contributed by atoms with Gasteiger partial charge in [0.2, 0.25) is 0 Å². The molecule has 2 nitrogen and oxygen atoms in total. The zero-order valence-corrected chi connectivity index (χ0v) is 11.9. The maximum Gasteiger partial charge on any atom is 0.142 e. The van der Waals surface area contributed by atoms with E-state index in [0.717, 1.165) is 0 Å². The van der Waals surface area contributed by atoms with E-state index in [1.54, 1.807) is 12.1 Å². The Hall–Kier alpha value is -0.800. The van der Waals surface area contributed by atoms with Gasteiger partial charge < -0.3 is 10.8 Å². The van der Waals surface area contributed by atoms with Gasteiger partial charge >= 0.3 is 0 Å². The molecule has 0 spiro atoms. The topological polar surface area (TPSA) is 46.2 Å². The first kappa shape index (κ1) is 13.6. The Kier molecular flexibility index (Phi) is 3.83. The number of hydrogen-bond donors (Lipinski definition) is 2. The first-order chi connectivity index (χ1) is 8.40. The van der Waals surface area contributed by atoms with Crippen molar-refractivity contribution in [2.24, 2.45) is 0 Å². The van der Waals surface area contributed by atoms with Gasteiger partial charge in [0.1, 0.15) is 5.75 Å². The third-order valence-corrected chi connectivity index (χ3v) is 3.45. The van der Waals surface area contributed by atoms with Crippen molar-refractivity contribution in [1.29, 1.82) is 0 Å². The number of hydrogen-bond acceptors (Lipinski definition) is 2. The molecule has 2 rings (SSSR count). The molecule has 0 unspecified atom stereocenters. The Bertz CT molecular complexity index is 572. The zero-order valence-electron chi connectivity index (χ0n) is 8.85. The summed E-state index contributed by atoms with van der Waals surface area (Å²) in [6, 6.07) is 6.08. The molecule has 2 aromatic carbocycles. The van der Waals surface area contributed by atoms with Crippen LogP contribution in [0.4, 0.5) is 5.69 Å². The fraction of sp³-hybridized carbons (Fsp3) is 0. The largest absolute Gasteiger partial charge is 0.506 e. The van der Waals surface area contributed by atoms with Crippen LogP contribution in [0.3, 0.4) is 0 Å². The van der Waals surface area contributed by atoms with Crippen LogP contribution in [0.2, 0.25) is 20.1 Å². The second-order valence-electron chi connectivity index (χ2n) is 3.63. The van der Waals surface area contributed by atoms with Crippen LogP contribution in [0.5, 0.6) is 5.75 Å². The summed E-state index contributed by atoms with van der Waals surface area (Å²) >= 11 is 23.6. The summed E-state index contributed by atoms with van der Waals surface area (Å²) in [6.45, 7) is 0. The Labute approximate surface area is 124 Å². The number of rotatable bonds is 1. The van der Waals surface area contributed by atoms with Gasteiger partial charge in [-0.15, -0.1) is 0 Å². The van der Waals surface area contributed by atoms with Crippen molar-refractivity contribution in [3.05, 3.63) is 44.4 Å². The lowest BCUT2D eigenvalue weighted by Crippen LogP contribution is -1.92. The molecule has 0 heterocycles. The van der Waals surface area contributed by atoms with E-state index in [2.05, 4.69) is 0 Å². The number of nitrogens with two attached hydrogens (primary N) is 1. The van der Waals surface area contributed by atoms with Gasteiger partial charge in [0.25, 0.3) is 0 Å². The van der Waals surface area contributed by atoms with Crippen molar-refractivity contribution < 1.29 is 5.11 Å². The molecule has 2 aromatic rings. The van der Waals surface area contributed by atoms with Crippen LogP contribution in [0.1, 0.15) is 0 Å². The molecule has 0 fully saturated rings. The molecule has 94 valence electrons. The number of phenols is 1. The van der Waals surface area contributed by atoms with E-state index < -0.39 is 0 Å². The maximum atomic E-state index is 9.95. The van der Waals surface area contributed by atoms with Gasteiger partial charge in [0, 0.05) is 21.2 Å². The van der Waals surface area contributed by atoms with Crippen LogP contribution in [-0.2, 0) is 0 Å². The molecule has 0 radical (unpaired) electrons. The molecule has 0 amide bonds. The molecule has 3 N–H and O–H groups in total. The van der Waals surface area contributed by atoms with Crippen molar-refractivity contribution in [2.75, 3.05) is 5.73 Å². The van der Waals surface area contributed by atoms with E-state index in [1.807, 2.05) is 0 Å². The van der Waals surface area contributed by atoms with Crippen LogP contribution in [0.25, 0.3) is 11.1 Å². The molecular weight excluding hydrogens is 316 g/mol. The number of aromatic hydroxyl groups is 1. The Morgan fingerprint density at radius 1 is 0.778 bits per heavy atom. The van der Waals surface area contributed by atoms with Crippen molar-refractivity contribution >= 4 is 52.1 Å². The quantitative estimate of drug-likeness (QED) is 0.704. The first-order valence-corrected chi connectivity index (χ1v) is 6.34. The monoisotopic (exact) mass is 321 g/mol. The molecule has 18 heavy (non-hydrogen) atoms. The van der Waals surface area contributed by atoms with Gasteiger partial charge in [0.15, 0.2) is 0 Å². The SMILES string of the molecule is Nc1c(Cl)cc(Cl)cc1-c1cc(Cl)cc(Cl)c1O. The minimum atomic E-state index is -0.119. The average Bonchev–Trinajstić information content (AvgIpc) is 2.28. The van der Waals surface area contributed by atoms with Crippen LogP contribution in [0, 0.1) is 0 Å². The van der Waals surface area contributed by atoms with E-state index in [-0.39, 0.29) is 10.8 Å². The molecule has 6 heteroatoms. The minimum Gasteiger partial charge on any atom is -0.506 e. The summed E-state index contributed by atoms with van der Waals surface area (Å²) in [4.78, 5) is 0. The van der Waals surface area contributed by atoms with Crippen LogP contribution >= 0.6 is 46.4 Å². The standard InChI is InChI=1S/C12H7Cl4NO/c13-5-1-7(11(17)9(15)3-5)8-2-6(14)4-10(16)12(8)18/h1-4,18H,17H2. The van der Waals surface area contributed by atoms with Crippen LogP contribution in [-0.4, -0.2) is 5.11 Å². The van der Waals surface area contributed by atoms with Gasteiger partial charge in [0.05, 0.1) is 15.7 Å². The minimum absolute atomic E-state index is 0.119. The summed E-state index contributed by atoms with van der Waals surface area (Å²) in [5, 5.41) is 11.2. The third-order valence-electron chi connectivity index (χ3n) is 2.41. The molecule has 0 aliphatic heterocycles. The van der Waals surface area contributed by atoms with Gasteiger partial charge in [-0.05, 0) is 24.3 Å². The molecular formula is C12H7Cl4NO. The van der Waals surface area contributed by atoms with Gasteiger partial charge in [-0.1, -0.05) is 46.4 Å². The summed E-state index contributed by atoms with van der Waals surface area (Å²) < 4.78 is 0. The summed E-state index contributed by atoms with van der Waals surface area (Å²) in [6.07, 6.45) is 0. The molecule has 0 aliphatic rings. The first-order valence-electron chi connectivity index (χ1n) is 4.83. The lowest BCUT2D eigenvalue weighted by molar-refractivity contribution is 0.477. The van der Waals surface area contributed by atoms with E-state index in [0.29, 0.717) is 31.9 Å². The van der Waals surface area contributed by atoms with E-state index in [4.69, 9.17) is 52.1 Å². The Balaban J connectivity index is 2.77. The zero-order chi connectivity index (χ0) is 13.4. The van der Waals surface area contributed by atoms with E-state index in [1.165, 1.54) is 12.1 Å². The van der Waals surface area contributed by atoms with Gasteiger partial charge in [-0.2, -0.15) is 0 Å². The fourth-order valence-electron chi connectivity index (χ4n) is 1.58. The molecule has 0 aliphatic carbocycles. The highest BCUT2D eigenvalue weighted by molar-refractivity contribution is 6.38. The number of halogens is 4. The smallest absolute Gasteiger partial charge is 0.142 e. The predicted octanol–water partition coefficient (Wildman–Crippen LogP) is 5.26. The molecule has 0 atom stereocenters. The summed E-state index contributed by atoms with van der Waals surface area (Å²) in [7, 11) is 0. The average molecular weight is 323 g/mol. The number of nitrogen functional groups attached to an aromatic ring is 1. The van der Waals surface area contributed by atoms with Gasteiger partial charge in [-0.25, -0.2) is 0 Å². The fourth-order valence-corrected chi connectivity index (χ4v) is 2.57. The van der Waals surface area contributed by atoms with E-state index >= 15 is 0 Å². The molecule has 0 saturated carbocycles. The summed E-state index contributed by atoms with van der Waals surface area (Å²) in [5.41, 5.74) is 7.03. The van der Waals surface area contributed by atoms with Crippen molar-refractivity contribution in [1.82, 2.24) is 0 Å². The highest BCUT2D eigenvalue weighted by Gasteiger charge is 2.15. The second kappa shape index (κ2) is 5.06. The van der Waals surface area contributed by atoms with Crippen LogP contribution < -0.4 is 5.73 Å². The highest BCUT2D eigenvalue weighted by Crippen LogP contribution is 2.43. The third kappa shape index (κ3) is 2.47. The van der Waals surface area contributed by atoms with Crippen LogP contribution in [0.15, 0.2) is 24.3 Å². The van der Waals surface area contributed by atoms with Crippen molar-refractivity contribution in [3.8, 4) is 16.9 Å². The maximum absolute atomic E-state index is 9.95. The number of anilines is 1. The highest BCUT2D eigenvalue weighted by atomic mass is 35.5. The van der Waals surface area contributed by atoms with E-state index in [9.17, 15) is 5.11 Å². The van der Waals surface area contributed by atoms with Crippen molar-refractivity contribution in [3.63, 3.8) is 0 Å². The number of benzene rings is 2. The summed E-state index contributed by atoms with van der Waals surface area (Å²) in [5.74, 6) is -0.119. The van der Waals surface area contributed by atoms with Gasteiger partial charge in [-0.3, -0.25) is 0 Å². The predicted molar refractivity (Wildman–Crippen MR) is 78.0 cm³/mol.